The van der Waals surface area contributed by atoms with Crippen molar-refractivity contribution in [3.63, 3.8) is 0 Å². The number of aromatic nitrogens is 4. The van der Waals surface area contributed by atoms with Gasteiger partial charge in [0.2, 0.25) is 11.8 Å². The Morgan fingerprint density at radius 2 is 2.26 bits per heavy atom. The van der Waals surface area contributed by atoms with Gasteiger partial charge in [0, 0.05) is 0 Å². The number of ether oxygens (including phenoxy) is 2. The largest absolute Gasteiger partial charge is 0.476 e. The third-order valence-electron chi connectivity index (χ3n) is 3.81. The normalized spacial score (nSPS) is 30.9. The highest BCUT2D eigenvalue weighted by Gasteiger charge is 2.54. The summed E-state index contributed by atoms with van der Waals surface area (Å²) in [5, 5.41) is 19.6. The molecule has 0 bridgehead atoms. The molecule has 9 nitrogen and oxygen atoms in total. The Balaban J connectivity index is 2.10. The fourth-order valence-electron chi connectivity index (χ4n) is 2.68. The van der Waals surface area contributed by atoms with Gasteiger partial charge in [0.25, 0.3) is 0 Å². The maximum atomic E-state index is 14.2. The molecule has 0 aliphatic carbocycles. The van der Waals surface area contributed by atoms with Crippen LogP contribution in [-0.4, -0.2) is 60.8 Å². The first-order chi connectivity index (χ1) is 10.9. The van der Waals surface area contributed by atoms with Crippen molar-refractivity contribution in [1.29, 1.82) is 0 Å². The average molecular weight is 327 g/mol. The molecule has 2 aromatic heterocycles. The second-order valence-corrected chi connectivity index (χ2v) is 5.48. The molecule has 1 aliphatic rings. The quantitative estimate of drug-likeness (QED) is 0.703. The molecule has 3 rings (SSSR count). The van der Waals surface area contributed by atoms with Gasteiger partial charge in [0.1, 0.15) is 11.7 Å². The molecule has 0 aromatic carbocycles. The molecule has 4 N–H and O–H groups in total. The average Bonchev–Trinajstić information content (AvgIpc) is 3.00. The van der Waals surface area contributed by atoms with Crippen LogP contribution >= 0.6 is 0 Å². The van der Waals surface area contributed by atoms with Gasteiger partial charge in [0.15, 0.2) is 23.6 Å². The third-order valence-corrected chi connectivity index (χ3v) is 3.81. The number of aliphatic hydroxyl groups excluding tert-OH is 1. The van der Waals surface area contributed by atoms with Crippen molar-refractivity contribution in [3.05, 3.63) is 6.33 Å². The molecular weight excluding hydrogens is 309 g/mol. The monoisotopic (exact) mass is 327 g/mol. The van der Waals surface area contributed by atoms with Crippen LogP contribution in [0, 0.1) is 0 Å². The number of rotatable bonds is 4. The maximum Gasteiger partial charge on any atom is 0.247 e. The summed E-state index contributed by atoms with van der Waals surface area (Å²) in [4.78, 5) is 12.2. The lowest BCUT2D eigenvalue weighted by molar-refractivity contribution is -0.0892. The summed E-state index contributed by atoms with van der Waals surface area (Å²) in [6.45, 7) is 2.88. The van der Waals surface area contributed by atoms with Crippen molar-refractivity contribution in [3.8, 4) is 5.88 Å². The minimum Gasteiger partial charge on any atom is -0.476 e. The summed E-state index contributed by atoms with van der Waals surface area (Å²) in [5.74, 6) is 0.151. The van der Waals surface area contributed by atoms with Crippen molar-refractivity contribution in [2.24, 2.45) is 0 Å². The Kier molecular flexibility index (Phi) is 3.82. The second-order valence-electron chi connectivity index (χ2n) is 5.48. The van der Waals surface area contributed by atoms with Crippen molar-refractivity contribution < 1.29 is 24.1 Å². The number of nitrogens with two attached hydrogens (primary N) is 1. The molecule has 1 aliphatic heterocycles. The Morgan fingerprint density at radius 3 is 2.87 bits per heavy atom. The van der Waals surface area contributed by atoms with E-state index in [9.17, 15) is 14.6 Å². The predicted octanol–water partition coefficient (Wildman–Crippen LogP) is -0.214. The number of aliphatic hydroxyl groups is 2. The van der Waals surface area contributed by atoms with Gasteiger partial charge in [0.05, 0.1) is 19.5 Å². The van der Waals surface area contributed by atoms with Crippen molar-refractivity contribution >= 4 is 17.1 Å². The first-order valence-corrected chi connectivity index (χ1v) is 7.15. The van der Waals surface area contributed by atoms with E-state index in [1.165, 1.54) is 17.8 Å². The molecule has 0 amide bonds. The van der Waals surface area contributed by atoms with Gasteiger partial charge in [-0.05, 0) is 13.8 Å². The summed E-state index contributed by atoms with van der Waals surface area (Å²) in [7, 11) is 0. The topological polar surface area (TPSA) is 129 Å². The Bertz CT molecular complexity index is 722. The van der Waals surface area contributed by atoms with Gasteiger partial charge < -0.3 is 25.4 Å². The molecule has 1 saturated heterocycles. The zero-order chi connectivity index (χ0) is 16.8. The number of fused-ring (bicyclic) bond motifs is 1. The van der Waals surface area contributed by atoms with Gasteiger partial charge in [-0.25, -0.2) is 9.37 Å². The standard InChI is InChI=1S/C13H18FN5O4/c1-3-22-10-7-9(17-12(15)18-10)19(5-16-7)11-13(2,21)8(14)6(4-20)23-11/h5-6,8,11,20-21H,3-4H2,1-2H3,(H2,15,17,18)/t6-,8-,11?,13-/m1/s1. The molecule has 3 heterocycles. The van der Waals surface area contributed by atoms with Gasteiger partial charge in [-0.2, -0.15) is 9.97 Å². The van der Waals surface area contributed by atoms with Gasteiger partial charge in [-0.3, -0.25) is 4.57 Å². The minimum absolute atomic E-state index is 0.0455. The molecule has 126 valence electrons. The number of nitrogens with zero attached hydrogens (tertiary/aromatic N) is 4. The van der Waals surface area contributed by atoms with E-state index in [1.54, 1.807) is 6.92 Å². The van der Waals surface area contributed by atoms with E-state index in [-0.39, 0.29) is 17.5 Å². The van der Waals surface area contributed by atoms with E-state index < -0.39 is 30.7 Å². The van der Waals surface area contributed by atoms with Crippen LogP contribution in [0.2, 0.25) is 0 Å². The number of halogens is 1. The molecule has 4 atom stereocenters. The molecule has 10 heteroatoms. The summed E-state index contributed by atoms with van der Waals surface area (Å²) < 4.78 is 26.4. The lowest BCUT2D eigenvalue weighted by Crippen LogP contribution is -2.41. The molecule has 0 spiro atoms. The number of hydrogen-bond donors (Lipinski definition) is 3. The Hall–Kier alpha value is -2.04. The van der Waals surface area contributed by atoms with Crippen LogP contribution in [0.1, 0.15) is 20.1 Å². The first kappa shape index (κ1) is 15.8. The van der Waals surface area contributed by atoms with Crippen LogP contribution < -0.4 is 10.5 Å². The van der Waals surface area contributed by atoms with Crippen LogP contribution in [0.15, 0.2) is 6.33 Å². The Morgan fingerprint density at radius 1 is 1.52 bits per heavy atom. The fourth-order valence-corrected chi connectivity index (χ4v) is 2.68. The molecule has 1 fully saturated rings. The van der Waals surface area contributed by atoms with E-state index in [0.717, 1.165) is 0 Å². The molecule has 0 radical (unpaired) electrons. The SMILES string of the molecule is CCOc1nc(N)nc2c1ncn2C1O[C@H](CO)[C@@H](F)[C@@]1(C)O. The maximum absolute atomic E-state index is 14.2. The van der Waals surface area contributed by atoms with Crippen molar-refractivity contribution in [2.75, 3.05) is 18.9 Å². The van der Waals surface area contributed by atoms with Gasteiger partial charge in [-0.15, -0.1) is 0 Å². The summed E-state index contributed by atoms with van der Waals surface area (Å²) in [5.41, 5.74) is 4.37. The highest BCUT2D eigenvalue weighted by atomic mass is 19.1. The lowest BCUT2D eigenvalue weighted by Gasteiger charge is -2.26. The predicted molar refractivity (Wildman–Crippen MR) is 77.4 cm³/mol. The van der Waals surface area contributed by atoms with E-state index in [2.05, 4.69) is 15.0 Å². The lowest BCUT2D eigenvalue weighted by atomic mass is 9.98. The fraction of sp³-hybridized carbons (Fsp3) is 0.615. The van der Waals surface area contributed by atoms with Crippen LogP contribution in [0.4, 0.5) is 10.3 Å². The highest BCUT2D eigenvalue weighted by Crippen LogP contribution is 2.41. The minimum atomic E-state index is -1.87. The smallest absolute Gasteiger partial charge is 0.247 e. The van der Waals surface area contributed by atoms with E-state index in [1.807, 2.05) is 0 Å². The molecule has 2 aromatic rings. The first-order valence-electron chi connectivity index (χ1n) is 7.15. The van der Waals surface area contributed by atoms with E-state index >= 15 is 0 Å². The van der Waals surface area contributed by atoms with Crippen LogP contribution in [0.3, 0.4) is 0 Å². The van der Waals surface area contributed by atoms with Gasteiger partial charge >= 0.3 is 0 Å². The Labute approximate surface area is 130 Å². The summed E-state index contributed by atoms with van der Waals surface area (Å²) in [6.07, 6.45) is -2.69. The van der Waals surface area contributed by atoms with Crippen LogP contribution in [-0.2, 0) is 4.74 Å². The van der Waals surface area contributed by atoms with Gasteiger partial charge in [-0.1, -0.05) is 0 Å². The van der Waals surface area contributed by atoms with Crippen LogP contribution in [0.25, 0.3) is 11.2 Å². The zero-order valence-electron chi connectivity index (χ0n) is 12.7. The number of alkyl halides is 1. The molecule has 1 unspecified atom stereocenters. The van der Waals surface area contributed by atoms with Crippen molar-refractivity contribution in [2.45, 2.75) is 38.0 Å². The third kappa shape index (κ3) is 2.38. The highest BCUT2D eigenvalue weighted by molar-refractivity contribution is 5.77. The number of imidazole rings is 1. The van der Waals surface area contributed by atoms with Crippen LogP contribution in [0.5, 0.6) is 5.88 Å². The molecule has 23 heavy (non-hydrogen) atoms. The number of nitrogen functional groups attached to an aromatic ring is 1. The molecular formula is C13H18FN5O4. The van der Waals surface area contributed by atoms with Crippen molar-refractivity contribution in [1.82, 2.24) is 19.5 Å². The number of anilines is 1. The second kappa shape index (κ2) is 5.55. The number of hydrogen-bond acceptors (Lipinski definition) is 8. The van der Waals surface area contributed by atoms with E-state index in [0.29, 0.717) is 12.1 Å². The molecule has 0 saturated carbocycles. The summed E-state index contributed by atoms with van der Waals surface area (Å²) in [6, 6.07) is 0. The summed E-state index contributed by atoms with van der Waals surface area (Å²) >= 11 is 0. The zero-order valence-corrected chi connectivity index (χ0v) is 12.7. The van der Waals surface area contributed by atoms with E-state index in [4.69, 9.17) is 15.2 Å².